The average Bonchev–Trinajstić information content (AvgIpc) is 3.01. The molecule has 5 heteroatoms. The van der Waals surface area contributed by atoms with Gasteiger partial charge in [-0.25, -0.2) is 9.97 Å². The van der Waals surface area contributed by atoms with Crippen LogP contribution < -0.4 is 0 Å². The van der Waals surface area contributed by atoms with Crippen LogP contribution in [0.1, 0.15) is 6.92 Å². The Kier molecular flexibility index (Phi) is 3.68. The largest absolute Gasteiger partial charge is 0.227 e. The molecule has 1 aromatic carbocycles. The third-order valence-electron chi connectivity index (χ3n) is 2.78. The van der Waals surface area contributed by atoms with Crippen LogP contribution in [0.3, 0.4) is 0 Å². The van der Waals surface area contributed by atoms with Gasteiger partial charge in [-0.2, -0.15) is 5.26 Å². The van der Waals surface area contributed by atoms with Gasteiger partial charge in [-0.1, -0.05) is 36.0 Å². The Hall–Kier alpha value is -1.90. The molecule has 0 fully saturated rings. The van der Waals surface area contributed by atoms with Crippen molar-refractivity contribution in [1.29, 1.82) is 5.26 Å². The summed E-state index contributed by atoms with van der Waals surface area (Å²) in [4.78, 5) is 10.3. The van der Waals surface area contributed by atoms with Gasteiger partial charge in [0.25, 0.3) is 0 Å². The highest BCUT2D eigenvalue weighted by Crippen LogP contribution is 2.31. The second-order valence-corrected chi connectivity index (χ2v) is 6.51. The summed E-state index contributed by atoms with van der Waals surface area (Å²) in [6, 6.07) is 14.2. The number of hydrogen-bond donors (Lipinski definition) is 0. The van der Waals surface area contributed by atoms with Gasteiger partial charge in [0.2, 0.25) is 0 Å². The molecule has 0 aliphatic heterocycles. The van der Waals surface area contributed by atoms with Crippen molar-refractivity contribution in [2.75, 3.05) is 0 Å². The maximum atomic E-state index is 9.01. The Morgan fingerprint density at radius 2 is 2.05 bits per heavy atom. The Bertz CT molecular complexity index is 775. The van der Waals surface area contributed by atoms with E-state index >= 15 is 0 Å². The highest BCUT2D eigenvalue weighted by atomic mass is 32.2. The Morgan fingerprint density at radius 1 is 1.20 bits per heavy atom. The van der Waals surface area contributed by atoms with Crippen LogP contribution in [0.25, 0.3) is 21.6 Å². The highest BCUT2D eigenvalue weighted by molar-refractivity contribution is 8.00. The first-order valence-electron chi connectivity index (χ1n) is 6.15. The van der Waals surface area contributed by atoms with E-state index in [1.54, 1.807) is 11.3 Å². The van der Waals surface area contributed by atoms with Gasteiger partial charge in [-0.3, -0.25) is 0 Å². The topological polar surface area (TPSA) is 49.6 Å². The van der Waals surface area contributed by atoms with Crippen LogP contribution in [-0.4, -0.2) is 15.2 Å². The molecule has 0 saturated heterocycles. The fraction of sp³-hybridized carbons (Fsp3) is 0.133. The van der Waals surface area contributed by atoms with Gasteiger partial charge in [0.1, 0.15) is 5.03 Å². The third-order valence-corrected chi connectivity index (χ3v) is 4.64. The molecule has 0 spiro atoms. The normalized spacial score (nSPS) is 12.2. The van der Waals surface area contributed by atoms with E-state index in [9.17, 15) is 0 Å². The number of nitrogens with zero attached hydrogens (tertiary/aromatic N) is 3. The predicted molar refractivity (Wildman–Crippen MR) is 83.8 cm³/mol. The number of para-hydroxylation sites is 1. The van der Waals surface area contributed by atoms with Crippen LogP contribution >= 0.6 is 23.1 Å². The van der Waals surface area contributed by atoms with E-state index in [0.29, 0.717) is 0 Å². The van der Waals surface area contributed by atoms with Crippen molar-refractivity contribution in [2.24, 2.45) is 0 Å². The van der Waals surface area contributed by atoms with Gasteiger partial charge in [-0.15, -0.1) is 11.3 Å². The summed E-state index contributed by atoms with van der Waals surface area (Å²) in [5.74, 6) is 0.728. The summed E-state index contributed by atoms with van der Waals surface area (Å²) >= 11 is 3.10. The molecule has 2 aromatic heterocycles. The average molecular weight is 297 g/mol. The molecular formula is C15H11N3S2. The van der Waals surface area contributed by atoms with Gasteiger partial charge in [-0.05, 0) is 24.4 Å². The van der Waals surface area contributed by atoms with Crippen molar-refractivity contribution in [2.45, 2.75) is 17.2 Å². The molecule has 98 valence electrons. The molecule has 0 amide bonds. The minimum absolute atomic E-state index is 0.135. The second-order valence-electron chi connectivity index (χ2n) is 4.24. The zero-order chi connectivity index (χ0) is 13.9. The van der Waals surface area contributed by atoms with E-state index in [1.807, 2.05) is 48.7 Å². The molecule has 1 atom stereocenters. The summed E-state index contributed by atoms with van der Waals surface area (Å²) in [7, 11) is 0. The van der Waals surface area contributed by atoms with Gasteiger partial charge >= 0.3 is 0 Å². The minimum Gasteiger partial charge on any atom is -0.227 e. The first-order valence-corrected chi connectivity index (χ1v) is 7.91. The molecule has 0 N–H and O–H groups in total. The van der Waals surface area contributed by atoms with Crippen LogP contribution in [0.5, 0.6) is 0 Å². The van der Waals surface area contributed by atoms with Crippen molar-refractivity contribution in [1.82, 2.24) is 9.97 Å². The SMILES string of the molecule is C[C@@H](C#N)Sc1nc(-c2cccs2)nc2ccccc12. The van der Waals surface area contributed by atoms with E-state index in [1.165, 1.54) is 11.8 Å². The van der Waals surface area contributed by atoms with E-state index in [4.69, 9.17) is 5.26 Å². The lowest BCUT2D eigenvalue weighted by atomic mass is 10.2. The zero-order valence-corrected chi connectivity index (χ0v) is 12.4. The molecule has 2 heterocycles. The second kappa shape index (κ2) is 5.61. The van der Waals surface area contributed by atoms with Crippen molar-refractivity contribution in [3.8, 4) is 16.8 Å². The van der Waals surface area contributed by atoms with Gasteiger partial charge in [0.15, 0.2) is 5.82 Å². The lowest BCUT2D eigenvalue weighted by Crippen LogP contribution is -1.96. The van der Waals surface area contributed by atoms with Crippen molar-refractivity contribution in [3.05, 3.63) is 41.8 Å². The number of thiophene rings is 1. The van der Waals surface area contributed by atoms with Crippen LogP contribution in [0.15, 0.2) is 46.8 Å². The Balaban J connectivity index is 2.18. The van der Waals surface area contributed by atoms with Crippen LogP contribution in [0.2, 0.25) is 0 Å². The Labute approximate surface area is 125 Å². The molecule has 3 nitrogen and oxygen atoms in total. The summed E-state index contributed by atoms with van der Waals surface area (Å²) < 4.78 is 0. The maximum Gasteiger partial charge on any atom is 0.171 e. The smallest absolute Gasteiger partial charge is 0.171 e. The molecule has 0 radical (unpaired) electrons. The molecule has 0 aliphatic rings. The van der Waals surface area contributed by atoms with Gasteiger partial charge in [0.05, 0.1) is 21.7 Å². The lowest BCUT2D eigenvalue weighted by molar-refractivity contribution is 1.11. The molecule has 20 heavy (non-hydrogen) atoms. The molecule has 0 bridgehead atoms. The molecule has 3 rings (SSSR count). The van der Waals surface area contributed by atoms with Crippen molar-refractivity contribution < 1.29 is 0 Å². The Morgan fingerprint density at radius 3 is 2.80 bits per heavy atom. The molecule has 0 saturated carbocycles. The third kappa shape index (κ3) is 2.53. The number of thioether (sulfide) groups is 1. The predicted octanol–water partition coefficient (Wildman–Crippen LogP) is 4.36. The van der Waals surface area contributed by atoms with Gasteiger partial charge in [0, 0.05) is 5.39 Å². The van der Waals surface area contributed by atoms with Crippen LogP contribution in [0.4, 0.5) is 0 Å². The lowest BCUT2D eigenvalue weighted by Gasteiger charge is -2.08. The molecule has 3 aromatic rings. The van der Waals surface area contributed by atoms with Crippen LogP contribution in [0, 0.1) is 11.3 Å². The monoisotopic (exact) mass is 297 g/mol. The first-order chi connectivity index (χ1) is 9.78. The van der Waals surface area contributed by atoms with E-state index in [0.717, 1.165) is 26.6 Å². The summed E-state index contributed by atoms with van der Waals surface area (Å²) in [5.41, 5.74) is 0.915. The molecule has 0 unspecified atom stereocenters. The fourth-order valence-electron chi connectivity index (χ4n) is 1.85. The maximum absolute atomic E-state index is 9.01. The molecule has 0 aliphatic carbocycles. The summed E-state index contributed by atoms with van der Waals surface area (Å²) in [6.07, 6.45) is 0. The summed E-state index contributed by atoms with van der Waals surface area (Å²) in [6.45, 7) is 1.88. The van der Waals surface area contributed by atoms with Crippen LogP contribution in [-0.2, 0) is 0 Å². The number of aromatic nitrogens is 2. The number of fused-ring (bicyclic) bond motifs is 1. The van der Waals surface area contributed by atoms with E-state index in [2.05, 4.69) is 16.0 Å². The molecular weight excluding hydrogens is 286 g/mol. The zero-order valence-electron chi connectivity index (χ0n) is 10.8. The highest BCUT2D eigenvalue weighted by Gasteiger charge is 2.12. The quantitative estimate of drug-likeness (QED) is 0.532. The van der Waals surface area contributed by atoms with E-state index < -0.39 is 0 Å². The number of benzene rings is 1. The fourth-order valence-corrected chi connectivity index (χ4v) is 3.33. The number of hydrogen-bond acceptors (Lipinski definition) is 5. The van der Waals surface area contributed by atoms with Crippen molar-refractivity contribution >= 4 is 34.0 Å². The number of rotatable bonds is 3. The van der Waals surface area contributed by atoms with Crippen molar-refractivity contribution in [3.63, 3.8) is 0 Å². The minimum atomic E-state index is -0.135. The van der Waals surface area contributed by atoms with Gasteiger partial charge < -0.3 is 0 Å². The number of nitriles is 1. The standard InChI is InChI=1S/C15H11N3S2/c1-10(9-16)20-15-11-5-2-3-6-12(11)17-14(18-15)13-7-4-8-19-13/h2-8,10H,1H3/t10-/m0/s1. The first kappa shape index (κ1) is 13.1. The van der Waals surface area contributed by atoms with E-state index in [-0.39, 0.29) is 5.25 Å². The summed E-state index contributed by atoms with van der Waals surface area (Å²) in [5, 5.41) is 12.8.